The van der Waals surface area contributed by atoms with Gasteiger partial charge in [-0.25, -0.2) is 0 Å². The van der Waals surface area contributed by atoms with Crippen LogP contribution in [0.3, 0.4) is 0 Å². The van der Waals surface area contributed by atoms with Gasteiger partial charge >= 0.3 is 0 Å². The van der Waals surface area contributed by atoms with Gasteiger partial charge in [0.05, 0.1) is 12.7 Å². The van der Waals surface area contributed by atoms with Crippen molar-refractivity contribution >= 4 is 5.91 Å². The third kappa shape index (κ3) is 5.04. The lowest BCUT2D eigenvalue weighted by atomic mass is 9.99. The van der Waals surface area contributed by atoms with Crippen molar-refractivity contribution in [3.8, 4) is 0 Å². The van der Waals surface area contributed by atoms with Crippen LogP contribution in [-0.2, 0) is 9.53 Å². The smallest absolute Gasteiger partial charge is 0.222 e. The number of rotatable bonds is 5. The molecule has 0 saturated carbocycles. The minimum atomic E-state index is 0.140. The summed E-state index contributed by atoms with van der Waals surface area (Å²) in [6.45, 7) is 5.91. The molecule has 2 rings (SSSR count). The molecule has 2 aliphatic heterocycles. The Labute approximate surface area is 122 Å². The monoisotopic (exact) mass is 283 g/mol. The number of hydrogen-bond acceptors (Lipinski definition) is 4. The van der Waals surface area contributed by atoms with E-state index in [1.807, 2.05) is 0 Å². The van der Waals surface area contributed by atoms with Gasteiger partial charge in [0.2, 0.25) is 5.91 Å². The SMILES string of the molecule is CC1CC(NC(=O)CCOC2CCNCC2)CCN1C. The molecule has 0 bridgehead atoms. The number of carbonyl (C=O) groups excluding carboxylic acids is 1. The first-order valence-electron chi connectivity index (χ1n) is 7.97. The molecule has 0 aromatic heterocycles. The van der Waals surface area contributed by atoms with Gasteiger partial charge in [-0.1, -0.05) is 0 Å². The largest absolute Gasteiger partial charge is 0.378 e. The van der Waals surface area contributed by atoms with E-state index in [-0.39, 0.29) is 5.91 Å². The van der Waals surface area contributed by atoms with E-state index in [2.05, 4.69) is 29.5 Å². The lowest BCUT2D eigenvalue weighted by molar-refractivity contribution is -0.123. The van der Waals surface area contributed by atoms with E-state index < -0.39 is 0 Å². The van der Waals surface area contributed by atoms with Crippen LogP contribution in [0.5, 0.6) is 0 Å². The normalized spacial score (nSPS) is 29.3. The standard InChI is InChI=1S/C15H29N3O2/c1-12-11-13(5-9-18(12)2)17-15(19)6-10-20-14-3-7-16-8-4-14/h12-14,16H,3-11H2,1-2H3,(H,17,19). The van der Waals surface area contributed by atoms with E-state index in [0.29, 0.717) is 31.2 Å². The minimum absolute atomic E-state index is 0.140. The molecule has 5 nitrogen and oxygen atoms in total. The van der Waals surface area contributed by atoms with Crippen molar-refractivity contribution < 1.29 is 9.53 Å². The zero-order valence-electron chi connectivity index (χ0n) is 12.9. The maximum absolute atomic E-state index is 11.9. The molecule has 0 aliphatic carbocycles. The molecule has 0 spiro atoms. The predicted octanol–water partition coefficient (Wildman–Crippen LogP) is 0.744. The van der Waals surface area contributed by atoms with Crippen LogP contribution in [0.4, 0.5) is 0 Å². The van der Waals surface area contributed by atoms with Crippen LogP contribution in [0.1, 0.15) is 39.0 Å². The highest BCUT2D eigenvalue weighted by Gasteiger charge is 2.23. The summed E-state index contributed by atoms with van der Waals surface area (Å²) in [5, 5.41) is 6.46. The Morgan fingerprint density at radius 1 is 1.35 bits per heavy atom. The fourth-order valence-corrected chi connectivity index (χ4v) is 3.00. The Morgan fingerprint density at radius 3 is 2.80 bits per heavy atom. The molecule has 20 heavy (non-hydrogen) atoms. The number of amides is 1. The molecule has 2 saturated heterocycles. The average Bonchev–Trinajstić information content (AvgIpc) is 2.44. The van der Waals surface area contributed by atoms with Gasteiger partial charge in [-0.2, -0.15) is 0 Å². The molecule has 2 unspecified atom stereocenters. The van der Waals surface area contributed by atoms with Gasteiger partial charge in [0.15, 0.2) is 0 Å². The van der Waals surface area contributed by atoms with Crippen molar-refractivity contribution in [2.24, 2.45) is 0 Å². The summed E-state index contributed by atoms with van der Waals surface area (Å²) in [5.41, 5.74) is 0. The second kappa shape index (κ2) is 7.96. The second-order valence-electron chi connectivity index (χ2n) is 6.19. The van der Waals surface area contributed by atoms with Crippen LogP contribution >= 0.6 is 0 Å². The fraction of sp³-hybridized carbons (Fsp3) is 0.933. The Hall–Kier alpha value is -0.650. The number of piperidine rings is 2. The summed E-state index contributed by atoms with van der Waals surface area (Å²) in [4.78, 5) is 14.3. The van der Waals surface area contributed by atoms with Crippen LogP contribution in [0, 0.1) is 0 Å². The highest BCUT2D eigenvalue weighted by molar-refractivity contribution is 5.76. The molecule has 2 fully saturated rings. The van der Waals surface area contributed by atoms with Gasteiger partial charge in [-0.3, -0.25) is 4.79 Å². The summed E-state index contributed by atoms with van der Waals surface area (Å²) in [6, 6.07) is 0.896. The Morgan fingerprint density at radius 2 is 2.10 bits per heavy atom. The first-order valence-corrected chi connectivity index (χ1v) is 7.97. The molecular formula is C15H29N3O2. The van der Waals surface area contributed by atoms with Crippen molar-refractivity contribution in [1.82, 2.24) is 15.5 Å². The molecule has 5 heteroatoms. The Balaban J connectivity index is 1.58. The molecule has 116 valence electrons. The average molecular weight is 283 g/mol. The third-order valence-corrected chi connectivity index (χ3v) is 4.54. The van der Waals surface area contributed by atoms with E-state index in [0.717, 1.165) is 45.3 Å². The zero-order valence-corrected chi connectivity index (χ0v) is 12.9. The fourth-order valence-electron chi connectivity index (χ4n) is 3.00. The van der Waals surface area contributed by atoms with Crippen molar-refractivity contribution in [1.29, 1.82) is 0 Å². The first kappa shape index (κ1) is 15.7. The van der Waals surface area contributed by atoms with Crippen LogP contribution in [0.25, 0.3) is 0 Å². The van der Waals surface area contributed by atoms with E-state index in [1.54, 1.807) is 0 Å². The molecule has 0 aromatic rings. The number of nitrogens with one attached hydrogen (secondary N) is 2. The number of nitrogens with zero attached hydrogens (tertiary/aromatic N) is 1. The predicted molar refractivity (Wildman–Crippen MR) is 79.7 cm³/mol. The number of ether oxygens (including phenoxy) is 1. The van der Waals surface area contributed by atoms with Crippen molar-refractivity contribution in [3.05, 3.63) is 0 Å². The summed E-state index contributed by atoms with van der Waals surface area (Å²) < 4.78 is 5.77. The number of hydrogen-bond donors (Lipinski definition) is 2. The summed E-state index contributed by atoms with van der Waals surface area (Å²) >= 11 is 0. The van der Waals surface area contributed by atoms with Crippen molar-refractivity contribution in [2.75, 3.05) is 33.3 Å². The van der Waals surface area contributed by atoms with Gasteiger partial charge in [-0.15, -0.1) is 0 Å². The number of carbonyl (C=O) groups is 1. The molecule has 2 N–H and O–H groups in total. The summed E-state index contributed by atoms with van der Waals surface area (Å²) in [7, 11) is 2.15. The van der Waals surface area contributed by atoms with Crippen molar-refractivity contribution in [3.63, 3.8) is 0 Å². The van der Waals surface area contributed by atoms with Gasteiger partial charge in [0.1, 0.15) is 0 Å². The quantitative estimate of drug-likeness (QED) is 0.781. The van der Waals surface area contributed by atoms with Gasteiger partial charge in [0.25, 0.3) is 0 Å². The lowest BCUT2D eigenvalue weighted by Gasteiger charge is -2.35. The molecule has 2 aliphatic rings. The Kier molecular flexibility index (Phi) is 6.26. The third-order valence-electron chi connectivity index (χ3n) is 4.54. The zero-order chi connectivity index (χ0) is 14.4. The summed E-state index contributed by atoms with van der Waals surface area (Å²) in [6.07, 6.45) is 5.07. The van der Waals surface area contributed by atoms with Gasteiger partial charge in [-0.05, 0) is 52.7 Å². The van der Waals surface area contributed by atoms with Crippen LogP contribution in [0.15, 0.2) is 0 Å². The molecular weight excluding hydrogens is 254 g/mol. The second-order valence-corrected chi connectivity index (χ2v) is 6.19. The maximum Gasteiger partial charge on any atom is 0.222 e. The maximum atomic E-state index is 11.9. The molecule has 2 heterocycles. The first-order chi connectivity index (χ1) is 9.65. The van der Waals surface area contributed by atoms with Gasteiger partial charge in [0, 0.05) is 25.0 Å². The molecule has 0 radical (unpaired) electrons. The van der Waals surface area contributed by atoms with Crippen LogP contribution in [-0.4, -0.2) is 62.3 Å². The highest BCUT2D eigenvalue weighted by Crippen LogP contribution is 2.15. The summed E-state index contributed by atoms with van der Waals surface area (Å²) in [5.74, 6) is 0.140. The van der Waals surface area contributed by atoms with E-state index >= 15 is 0 Å². The molecule has 1 amide bonds. The minimum Gasteiger partial charge on any atom is -0.378 e. The molecule has 2 atom stereocenters. The highest BCUT2D eigenvalue weighted by atomic mass is 16.5. The van der Waals surface area contributed by atoms with E-state index in [4.69, 9.17) is 4.74 Å². The number of likely N-dealkylation sites (tertiary alicyclic amines) is 1. The van der Waals surface area contributed by atoms with Crippen LogP contribution in [0.2, 0.25) is 0 Å². The van der Waals surface area contributed by atoms with Crippen LogP contribution < -0.4 is 10.6 Å². The lowest BCUT2D eigenvalue weighted by Crippen LogP contribution is -2.47. The van der Waals surface area contributed by atoms with E-state index in [1.165, 1.54) is 0 Å². The van der Waals surface area contributed by atoms with Crippen molar-refractivity contribution in [2.45, 2.75) is 57.2 Å². The Bertz CT molecular complexity index is 305. The molecule has 0 aromatic carbocycles. The van der Waals surface area contributed by atoms with Gasteiger partial charge < -0.3 is 20.3 Å². The van der Waals surface area contributed by atoms with E-state index in [9.17, 15) is 4.79 Å². The topological polar surface area (TPSA) is 53.6 Å².